The Morgan fingerprint density at radius 2 is 1.97 bits per heavy atom. The van der Waals surface area contributed by atoms with Crippen molar-refractivity contribution in [3.8, 4) is 0 Å². The zero-order valence-electron chi connectivity index (χ0n) is 19.6. The zero-order valence-corrected chi connectivity index (χ0v) is 20.4. The van der Waals surface area contributed by atoms with Crippen molar-refractivity contribution in [2.45, 2.75) is 58.0 Å². The van der Waals surface area contributed by atoms with Gasteiger partial charge in [-0.1, -0.05) is 13.0 Å². The lowest BCUT2D eigenvalue weighted by atomic mass is 9.43. The third-order valence-corrected chi connectivity index (χ3v) is 9.97. The minimum absolute atomic E-state index is 0. The summed E-state index contributed by atoms with van der Waals surface area (Å²) >= 11 is 0. The lowest BCUT2D eigenvalue weighted by Gasteiger charge is -2.63. The Bertz CT molecular complexity index is 1000. The number of rotatable bonds is 3. The number of hydrogen-bond acceptors (Lipinski definition) is 6. The Hall–Kier alpha value is -1.64. The van der Waals surface area contributed by atoms with E-state index in [9.17, 15) is 19.5 Å². The molecule has 0 amide bonds. The molecule has 9 atom stereocenters. The molecule has 9 heteroatoms. The molecule has 4 fully saturated rings. The maximum atomic E-state index is 17.2. The van der Waals surface area contributed by atoms with Crippen LogP contribution < -0.4 is 5.32 Å². The number of hydrogen-bond donors (Lipinski definition) is 2. The van der Waals surface area contributed by atoms with Gasteiger partial charge in [-0.2, -0.15) is 0 Å². The molecule has 0 unspecified atom stereocenters. The molecule has 188 valence electrons. The molecule has 1 heterocycles. The summed E-state index contributed by atoms with van der Waals surface area (Å²) in [4.78, 5) is 36.8. The van der Waals surface area contributed by atoms with Crippen molar-refractivity contribution in [1.29, 1.82) is 0 Å². The molecule has 34 heavy (non-hydrogen) atoms. The highest BCUT2D eigenvalue weighted by Gasteiger charge is 2.77. The summed E-state index contributed by atoms with van der Waals surface area (Å²) in [6, 6.07) is 0. The van der Waals surface area contributed by atoms with E-state index in [1.165, 1.54) is 25.2 Å². The number of esters is 1. The van der Waals surface area contributed by atoms with E-state index in [-0.39, 0.29) is 60.8 Å². The van der Waals surface area contributed by atoms with E-state index in [1.54, 1.807) is 6.92 Å². The molecule has 0 radical (unpaired) electrons. The molecule has 5 aliphatic rings. The monoisotopic (exact) mass is 499 g/mol. The number of aliphatic hydroxyl groups is 1. The van der Waals surface area contributed by atoms with Gasteiger partial charge in [0.25, 0.3) is 0 Å². The number of aliphatic hydroxyl groups excluding tert-OH is 1. The first-order valence-corrected chi connectivity index (χ1v) is 11.8. The van der Waals surface area contributed by atoms with E-state index in [0.717, 1.165) is 0 Å². The zero-order chi connectivity index (χ0) is 24.0. The molecule has 4 aliphatic carbocycles. The first-order chi connectivity index (χ1) is 15.4. The summed E-state index contributed by atoms with van der Waals surface area (Å²) in [6.07, 6.45) is 1.36. The highest BCUT2D eigenvalue weighted by atomic mass is 35.5. The number of fused-ring (bicyclic) bond motifs is 7. The SMILES string of the molecule is CC(=O)OCC(=O)[C@@]12CNC[C@@H]1C[C@H]1[C@@H]3C[C@H](F)C4=CC(=O)C=C[C@]4(C)[C@@]3(F)[C@@H](O)C[C@@]12C.Cl. The van der Waals surface area contributed by atoms with Crippen LogP contribution in [0, 0.1) is 34.0 Å². The summed E-state index contributed by atoms with van der Waals surface area (Å²) in [5, 5.41) is 14.7. The predicted octanol–water partition coefficient (Wildman–Crippen LogP) is 2.67. The molecule has 0 aromatic rings. The van der Waals surface area contributed by atoms with E-state index in [1.807, 2.05) is 6.92 Å². The molecule has 1 saturated heterocycles. The predicted molar refractivity (Wildman–Crippen MR) is 122 cm³/mol. The molecule has 0 spiro atoms. The van der Waals surface area contributed by atoms with E-state index in [0.29, 0.717) is 19.5 Å². The Morgan fingerprint density at radius 3 is 2.65 bits per heavy atom. The molecule has 1 aliphatic heterocycles. The van der Waals surface area contributed by atoms with E-state index in [4.69, 9.17) is 4.74 Å². The molecule has 0 aromatic heterocycles. The van der Waals surface area contributed by atoms with Crippen molar-refractivity contribution in [3.05, 3.63) is 23.8 Å². The summed E-state index contributed by atoms with van der Waals surface area (Å²) in [6.45, 7) is 5.30. The first kappa shape index (κ1) is 25.5. The van der Waals surface area contributed by atoms with Crippen LogP contribution in [-0.2, 0) is 19.1 Å². The molecular weight excluding hydrogens is 468 g/mol. The van der Waals surface area contributed by atoms with Crippen LogP contribution in [0.1, 0.15) is 40.0 Å². The maximum Gasteiger partial charge on any atom is 0.303 e. The van der Waals surface area contributed by atoms with Crippen LogP contribution >= 0.6 is 12.4 Å². The Kier molecular flexibility index (Phi) is 5.94. The van der Waals surface area contributed by atoms with Gasteiger partial charge >= 0.3 is 5.97 Å². The van der Waals surface area contributed by atoms with Crippen molar-refractivity contribution >= 4 is 29.9 Å². The van der Waals surface area contributed by atoms with Crippen LogP contribution in [-0.4, -0.2) is 60.3 Å². The molecular formula is C25H32ClF2NO5. The number of ether oxygens (including phenoxy) is 1. The average Bonchev–Trinajstić information content (AvgIpc) is 3.27. The van der Waals surface area contributed by atoms with Crippen LogP contribution in [0.2, 0.25) is 0 Å². The first-order valence-electron chi connectivity index (χ1n) is 11.8. The topological polar surface area (TPSA) is 92.7 Å². The molecule has 5 rings (SSSR count). The van der Waals surface area contributed by atoms with Gasteiger partial charge in [-0.25, -0.2) is 8.78 Å². The second kappa shape index (κ2) is 7.93. The van der Waals surface area contributed by atoms with Gasteiger partial charge < -0.3 is 15.2 Å². The summed E-state index contributed by atoms with van der Waals surface area (Å²) in [5.41, 5.74) is -5.21. The third-order valence-electron chi connectivity index (χ3n) is 9.97. The normalized spacial score (nSPS) is 48.6. The van der Waals surface area contributed by atoms with Crippen LogP contribution in [0.25, 0.3) is 0 Å². The highest BCUT2D eigenvalue weighted by molar-refractivity contribution is 6.01. The van der Waals surface area contributed by atoms with Gasteiger partial charge in [-0.05, 0) is 67.7 Å². The number of carbonyl (C=O) groups excluding carboxylic acids is 3. The van der Waals surface area contributed by atoms with Crippen molar-refractivity contribution in [3.63, 3.8) is 0 Å². The fourth-order valence-electron chi connectivity index (χ4n) is 8.46. The molecule has 2 N–H and O–H groups in total. The van der Waals surface area contributed by atoms with Crippen molar-refractivity contribution in [1.82, 2.24) is 5.32 Å². The number of nitrogens with one attached hydrogen (secondary N) is 1. The second-order valence-corrected chi connectivity index (χ2v) is 11.1. The number of carbonyl (C=O) groups is 3. The number of halogens is 3. The van der Waals surface area contributed by atoms with E-state index in [2.05, 4.69) is 5.32 Å². The van der Waals surface area contributed by atoms with Crippen LogP contribution in [0.5, 0.6) is 0 Å². The smallest absolute Gasteiger partial charge is 0.303 e. The van der Waals surface area contributed by atoms with Crippen molar-refractivity contribution < 1.29 is 33.0 Å². The maximum absolute atomic E-state index is 17.2. The van der Waals surface area contributed by atoms with Gasteiger partial charge in [0.1, 0.15) is 6.17 Å². The van der Waals surface area contributed by atoms with Crippen LogP contribution in [0.4, 0.5) is 8.78 Å². The minimum Gasteiger partial charge on any atom is -0.458 e. The molecule has 3 saturated carbocycles. The summed E-state index contributed by atoms with van der Waals surface area (Å²) in [5.74, 6) is -2.41. The van der Waals surface area contributed by atoms with Gasteiger partial charge in [-0.3, -0.25) is 14.4 Å². The van der Waals surface area contributed by atoms with Crippen molar-refractivity contribution in [2.24, 2.45) is 34.0 Å². The second-order valence-electron chi connectivity index (χ2n) is 11.1. The Morgan fingerprint density at radius 1 is 1.26 bits per heavy atom. The standard InChI is InChI=1S/C25H31F2NO5.ClH/c1-13(29)33-11-21(32)24-12-28-10-14(24)6-16-17-8-19(26)18-7-15(30)4-5-22(18,2)25(17,27)20(31)9-23(16,24)3;/h4-5,7,14,16-17,19-20,28,31H,6,8-12H2,1-3H3;1H/t14-,16-,17-,19-,20-,22-,23-,24+,25-;/m0./s1. The van der Waals surface area contributed by atoms with E-state index < -0.39 is 46.1 Å². The number of alkyl halides is 2. The minimum atomic E-state index is -2.16. The summed E-state index contributed by atoms with van der Waals surface area (Å²) < 4.78 is 37.8. The van der Waals surface area contributed by atoms with Gasteiger partial charge in [0.05, 0.1) is 11.5 Å². The highest BCUT2D eigenvalue weighted by Crippen LogP contribution is 2.73. The largest absolute Gasteiger partial charge is 0.458 e. The molecule has 6 nitrogen and oxygen atoms in total. The van der Waals surface area contributed by atoms with Gasteiger partial charge in [0.2, 0.25) is 0 Å². The van der Waals surface area contributed by atoms with Crippen molar-refractivity contribution in [2.75, 3.05) is 19.7 Å². The Labute approximate surface area is 204 Å². The number of ketones is 2. The fraction of sp³-hybridized carbons (Fsp3) is 0.720. The molecule has 0 aromatic carbocycles. The van der Waals surface area contributed by atoms with Gasteiger partial charge in [0, 0.05) is 24.8 Å². The fourth-order valence-corrected chi connectivity index (χ4v) is 8.46. The third kappa shape index (κ3) is 2.88. The molecule has 0 bridgehead atoms. The van der Waals surface area contributed by atoms with Crippen LogP contribution in [0.3, 0.4) is 0 Å². The number of allylic oxidation sites excluding steroid dienone is 4. The number of Topliss-reactive ketones (excluding diaryl/α,β-unsaturated/α-hetero) is 1. The van der Waals surface area contributed by atoms with Crippen LogP contribution in [0.15, 0.2) is 23.8 Å². The summed E-state index contributed by atoms with van der Waals surface area (Å²) in [7, 11) is 0. The Balaban J connectivity index is 0.00000274. The lowest BCUT2D eigenvalue weighted by Crippen LogP contribution is -2.69. The average molecular weight is 500 g/mol. The quantitative estimate of drug-likeness (QED) is 0.580. The van der Waals surface area contributed by atoms with E-state index >= 15 is 8.78 Å². The van der Waals surface area contributed by atoms with Gasteiger partial charge in [-0.15, -0.1) is 12.4 Å². The van der Waals surface area contributed by atoms with Gasteiger partial charge in [0.15, 0.2) is 23.8 Å². The lowest BCUT2D eigenvalue weighted by molar-refractivity contribution is -0.211.